The second kappa shape index (κ2) is 14.9. The van der Waals surface area contributed by atoms with Crippen LogP contribution in [0.4, 0.5) is 0 Å². The van der Waals surface area contributed by atoms with Crippen LogP contribution in [-0.2, 0) is 0 Å². The molecule has 0 aliphatic carbocycles. The molecule has 0 radical (unpaired) electrons. The van der Waals surface area contributed by atoms with Gasteiger partial charge in [-0.05, 0) is 60.4 Å². The number of hydrogen-bond acceptors (Lipinski definition) is 3. The monoisotopic (exact) mass is 438 g/mol. The molecule has 0 unspecified atom stereocenters. The lowest BCUT2D eigenvalue weighted by molar-refractivity contribution is 0.104. The summed E-state index contributed by atoms with van der Waals surface area (Å²) in [6, 6.07) is 15.8. The molecular formula is C28H38O2S. The second-order valence-corrected chi connectivity index (χ2v) is 9.56. The number of unbranched alkanes of at least 4 members (excludes halogenated alkanes) is 6. The number of hydrogen-bond donors (Lipinski definition) is 0. The fourth-order valence-electron chi connectivity index (χ4n) is 3.17. The highest BCUT2D eigenvalue weighted by Gasteiger charge is 2.03. The third-order valence-electron chi connectivity index (χ3n) is 5.05. The lowest BCUT2D eigenvalue weighted by Gasteiger charge is -2.06. The van der Waals surface area contributed by atoms with Crippen molar-refractivity contribution in [3.63, 3.8) is 0 Å². The standard InChI is InChI=1S/C28H38O2S/c1-4-5-6-7-8-9-10-21-30-26-16-11-24(12-17-26)13-20-28(29)25-14-18-27(19-15-25)31-22-23(2)3/h11-20,23H,4-10,21-22H2,1-3H3/b20-13+. The van der Waals surface area contributed by atoms with Gasteiger partial charge < -0.3 is 4.74 Å². The van der Waals surface area contributed by atoms with Crippen molar-refractivity contribution in [1.82, 2.24) is 0 Å². The van der Waals surface area contributed by atoms with Crippen molar-refractivity contribution in [2.75, 3.05) is 12.4 Å². The summed E-state index contributed by atoms with van der Waals surface area (Å²) < 4.78 is 5.84. The molecule has 0 bridgehead atoms. The van der Waals surface area contributed by atoms with Gasteiger partial charge in [-0.15, -0.1) is 11.8 Å². The van der Waals surface area contributed by atoms with E-state index in [1.807, 2.05) is 66.4 Å². The van der Waals surface area contributed by atoms with Crippen LogP contribution in [0.5, 0.6) is 5.75 Å². The molecule has 0 heterocycles. The number of carbonyl (C=O) groups is 1. The van der Waals surface area contributed by atoms with E-state index >= 15 is 0 Å². The first kappa shape index (κ1) is 25.3. The van der Waals surface area contributed by atoms with E-state index in [0.717, 1.165) is 35.7 Å². The highest BCUT2D eigenvalue weighted by molar-refractivity contribution is 7.99. The van der Waals surface area contributed by atoms with Gasteiger partial charge in [0.05, 0.1) is 6.61 Å². The Hall–Kier alpha value is -2.00. The molecule has 0 saturated heterocycles. The Labute approximate surface area is 193 Å². The van der Waals surface area contributed by atoms with Crippen molar-refractivity contribution in [2.45, 2.75) is 70.6 Å². The van der Waals surface area contributed by atoms with Crippen LogP contribution in [0.15, 0.2) is 59.5 Å². The minimum absolute atomic E-state index is 0.0275. The second-order valence-electron chi connectivity index (χ2n) is 8.47. The van der Waals surface area contributed by atoms with E-state index in [1.54, 1.807) is 6.08 Å². The molecule has 2 aromatic carbocycles. The van der Waals surface area contributed by atoms with Gasteiger partial charge in [0.2, 0.25) is 0 Å². The van der Waals surface area contributed by atoms with Gasteiger partial charge in [0.1, 0.15) is 5.75 Å². The van der Waals surface area contributed by atoms with E-state index < -0.39 is 0 Å². The molecule has 0 spiro atoms. The van der Waals surface area contributed by atoms with Gasteiger partial charge in [-0.1, -0.05) is 77.5 Å². The number of rotatable bonds is 15. The average molecular weight is 439 g/mol. The predicted octanol–water partition coefficient (Wildman–Crippen LogP) is 8.46. The first-order valence-corrected chi connectivity index (χ1v) is 12.7. The Morgan fingerprint density at radius 3 is 2.19 bits per heavy atom. The van der Waals surface area contributed by atoms with Crippen LogP contribution in [-0.4, -0.2) is 18.1 Å². The summed E-state index contributed by atoms with van der Waals surface area (Å²) in [4.78, 5) is 13.6. The van der Waals surface area contributed by atoms with Crippen LogP contribution in [0, 0.1) is 5.92 Å². The Balaban J connectivity index is 1.72. The molecular weight excluding hydrogens is 400 g/mol. The number of allylic oxidation sites excluding steroid dienone is 1. The minimum Gasteiger partial charge on any atom is -0.494 e. The predicted molar refractivity (Wildman–Crippen MR) is 135 cm³/mol. The summed E-state index contributed by atoms with van der Waals surface area (Å²) >= 11 is 1.83. The van der Waals surface area contributed by atoms with Crippen molar-refractivity contribution < 1.29 is 9.53 Å². The van der Waals surface area contributed by atoms with Gasteiger partial charge in [-0.3, -0.25) is 4.79 Å². The maximum atomic E-state index is 12.4. The molecule has 2 aromatic rings. The molecule has 0 fully saturated rings. The third kappa shape index (κ3) is 10.7. The molecule has 0 aliphatic rings. The van der Waals surface area contributed by atoms with Gasteiger partial charge >= 0.3 is 0 Å². The summed E-state index contributed by atoms with van der Waals surface area (Å²) in [5.41, 5.74) is 1.72. The number of ketones is 1. The average Bonchev–Trinajstić information content (AvgIpc) is 2.79. The summed E-state index contributed by atoms with van der Waals surface area (Å²) in [5, 5.41) is 0. The zero-order valence-electron chi connectivity index (χ0n) is 19.4. The van der Waals surface area contributed by atoms with Gasteiger partial charge in [-0.2, -0.15) is 0 Å². The lowest BCUT2D eigenvalue weighted by atomic mass is 10.1. The highest BCUT2D eigenvalue weighted by atomic mass is 32.2. The first-order chi connectivity index (χ1) is 15.1. The molecule has 2 nitrogen and oxygen atoms in total. The molecule has 0 amide bonds. The molecule has 0 aliphatic heterocycles. The summed E-state index contributed by atoms with van der Waals surface area (Å²) in [5.74, 6) is 2.67. The Morgan fingerprint density at radius 1 is 0.903 bits per heavy atom. The van der Waals surface area contributed by atoms with E-state index in [2.05, 4.69) is 20.8 Å². The Morgan fingerprint density at radius 2 is 1.55 bits per heavy atom. The molecule has 31 heavy (non-hydrogen) atoms. The van der Waals surface area contributed by atoms with Crippen molar-refractivity contribution >= 4 is 23.6 Å². The van der Waals surface area contributed by atoms with Gasteiger partial charge in [0.15, 0.2) is 5.78 Å². The quantitative estimate of drug-likeness (QED) is 0.121. The lowest BCUT2D eigenvalue weighted by Crippen LogP contribution is -1.97. The van der Waals surface area contributed by atoms with Crippen molar-refractivity contribution in [3.05, 3.63) is 65.7 Å². The van der Waals surface area contributed by atoms with Crippen molar-refractivity contribution in [2.24, 2.45) is 5.92 Å². The summed E-state index contributed by atoms with van der Waals surface area (Å²) in [6.07, 6.45) is 12.5. The zero-order valence-corrected chi connectivity index (χ0v) is 20.3. The van der Waals surface area contributed by atoms with Crippen LogP contribution in [0.25, 0.3) is 6.08 Å². The van der Waals surface area contributed by atoms with E-state index in [-0.39, 0.29) is 5.78 Å². The van der Waals surface area contributed by atoms with Gasteiger partial charge in [0.25, 0.3) is 0 Å². The van der Waals surface area contributed by atoms with Crippen LogP contribution in [0.2, 0.25) is 0 Å². The maximum absolute atomic E-state index is 12.4. The third-order valence-corrected chi connectivity index (χ3v) is 6.48. The number of benzene rings is 2. The molecule has 2 rings (SSSR count). The van der Waals surface area contributed by atoms with E-state index in [0.29, 0.717) is 5.92 Å². The number of carbonyl (C=O) groups excluding carboxylic acids is 1. The highest BCUT2D eigenvalue weighted by Crippen LogP contribution is 2.21. The fourth-order valence-corrected chi connectivity index (χ4v) is 4.03. The molecule has 168 valence electrons. The SMILES string of the molecule is CCCCCCCCCOc1ccc(/C=C/C(=O)c2ccc(SCC(C)C)cc2)cc1. The van der Waals surface area contributed by atoms with Crippen molar-refractivity contribution in [3.8, 4) is 5.75 Å². The normalized spacial score (nSPS) is 11.4. The topological polar surface area (TPSA) is 26.3 Å². The van der Waals surface area contributed by atoms with Crippen LogP contribution in [0.3, 0.4) is 0 Å². The van der Waals surface area contributed by atoms with E-state index in [4.69, 9.17) is 4.74 Å². The van der Waals surface area contributed by atoms with Gasteiger partial charge in [0, 0.05) is 16.2 Å². The fraction of sp³-hybridized carbons (Fsp3) is 0.464. The smallest absolute Gasteiger partial charge is 0.185 e. The maximum Gasteiger partial charge on any atom is 0.185 e. The largest absolute Gasteiger partial charge is 0.494 e. The number of thioether (sulfide) groups is 1. The van der Waals surface area contributed by atoms with E-state index in [1.165, 1.54) is 43.4 Å². The van der Waals surface area contributed by atoms with Crippen LogP contribution < -0.4 is 4.74 Å². The molecule has 0 aromatic heterocycles. The molecule has 0 saturated carbocycles. The van der Waals surface area contributed by atoms with Crippen LogP contribution in [0.1, 0.15) is 81.6 Å². The van der Waals surface area contributed by atoms with Crippen LogP contribution >= 0.6 is 11.8 Å². The summed E-state index contributed by atoms with van der Waals surface area (Å²) in [6.45, 7) is 7.45. The molecule has 3 heteroatoms. The first-order valence-electron chi connectivity index (χ1n) is 11.8. The van der Waals surface area contributed by atoms with Gasteiger partial charge in [-0.25, -0.2) is 0 Å². The van der Waals surface area contributed by atoms with E-state index in [9.17, 15) is 4.79 Å². The minimum atomic E-state index is 0.0275. The zero-order chi connectivity index (χ0) is 22.3. The summed E-state index contributed by atoms with van der Waals surface area (Å²) in [7, 11) is 0. The Bertz CT molecular complexity index is 776. The Kier molecular flexibility index (Phi) is 12.2. The number of ether oxygens (including phenoxy) is 1. The molecule has 0 atom stereocenters. The molecule has 0 N–H and O–H groups in total. The van der Waals surface area contributed by atoms with Crippen molar-refractivity contribution in [1.29, 1.82) is 0 Å².